The molecule has 7 aromatic carbocycles. The molecule has 0 fully saturated rings. The number of fused-ring (bicyclic) bond motifs is 10. The molecule has 0 aliphatic carbocycles. The first-order valence-electron chi connectivity index (χ1n) is 15.4. The highest BCUT2D eigenvalue weighted by atomic mass is 32.1. The van der Waals surface area contributed by atoms with E-state index in [9.17, 15) is 0 Å². The second-order valence-corrected chi connectivity index (χ2v) is 12.8. The lowest BCUT2D eigenvalue weighted by Gasteiger charge is -2.13. The lowest BCUT2D eigenvalue weighted by atomic mass is 10.1. The van der Waals surface area contributed by atoms with Gasteiger partial charge in [0.15, 0.2) is 0 Å². The summed E-state index contributed by atoms with van der Waals surface area (Å²) in [7, 11) is 0. The first-order valence-corrected chi connectivity index (χ1v) is 16.2. The Labute approximate surface area is 263 Å². The second kappa shape index (κ2) is 9.43. The largest absolute Gasteiger partial charge is 0.307 e. The molecule has 0 spiro atoms. The first kappa shape index (κ1) is 24.8. The van der Waals surface area contributed by atoms with E-state index in [4.69, 9.17) is 0 Å². The fourth-order valence-electron chi connectivity index (χ4n) is 7.32. The molecule has 0 aliphatic heterocycles. The van der Waals surface area contributed by atoms with Crippen LogP contribution in [0.5, 0.6) is 0 Å². The van der Waals surface area contributed by atoms with Crippen molar-refractivity contribution in [3.8, 4) is 22.5 Å². The van der Waals surface area contributed by atoms with Crippen molar-refractivity contribution in [1.82, 2.24) is 9.13 Å². The Morgan fingerprint density at radius 1 is 0.333 bits per heavy atom. The van der Waals surface area contributed by atoms with Gasteiger partial charge in [-0.05, 0) is 59.7 Å². The lowest BCUT2D eigenvalue weighted by Crippen LogP contribution is -1.98. The smallest absolute Gasteiger partial charge is 0.0788 e. The van der Waals surface area contributed by atoms with Crippen LogP contribution in [0.1, 0.15) is 0 Å². The number of hydrogen-bond donors (Lipinski definition) is 0. The van der Waals surface area contributed by atoms with Crippen LogP contribution in [-0.4, -0.2) is 9.13 Å². The fraction of sp³-hybridized carbons (Fsp3) is 0. The van der Waals surface area contributed by atoms with Gasteiger partial charge in [-0.2, -0.15) is 0 Å². The molecule has 0 saturated carbocycles. The molecule has 3 heteroatoms. The molecule has 0 saturated heterocycles. The molecule has 0 atom stereocenters. The summed E-state index contributed by atoms with van der Waals surface area (Å²) in [5, 5.41) is 7.68. The molecule has 3 aromatic heterocycles. The van der Waals surface area contributed by atoms with Crippen LogP contribution < -0.4 is 0 Å². The summed E-state index contributed by atoms with van der Waals surface area (Å²) >= 11 is 1.87. The maximum Gasteiger partial charge on any atom is 0.0788 e. The molecule has 0 bridgehead atoms. The van der Waals surface area contributed by atoms with Crippen molar-refractivity contribution >= 4 is 75.1 Å². The quantitative estimate of drug-likeness (QED) is 0.194. The van der Waals surface area contributed by atoms with Crippen molar-refractivity contribution in [3.05, 3.63) is 158 Å². The summed E-state index contributed by atoms with van der Waals surface area (Å²) in [6, 6.07) is 57.7. The number of para-hydroxylation sites is 2. The molecule has 10 aromatic rings. The zero-order valence-corrected chi connectivity index (χ0v) is 25.1. The zero-order valence-electron chi connectivity index (χ0n) is 24.3. The summed E-state index contributed by atoms with van der Waals surface area (Å²) < 4.78 is 7.61. The average molecular weight is 591 g/mol. The Bertz CT molecular complexity index is 2740. The molecule has 0 aliphatic rings. The highest BCUT2D eigenvalue weighted by Crippen LogP contribution is 2.43. The summed E-state index contributed by atoms with van der Waals surface area (Å²) in [6.45, 7) is 0. The highest BCUT2D eigenvalue weighted by Gasteiger charge is 2.21. The molecule has 2 nitrogen and oxygen atoms in total. The van der Waals surface area contributed by atoms with Gasteiger partial charge in [0.1, 0.15) is 0 Å². The van der Waals surface area contributed by atoms with Gasteiger partial charge < -0.3 is 9.13 Å². The molecule has 0 amide bonds. The van der Waals surface area contributed by atoms with Gasteiger partial charge in [-0.25, -0.2) is 0 Å². The third kappa shape index (κ3) is 3.56. The maximum atomic E-state index is 2.49. The van der Waals surface area contributed by atoms with Crippen LogP contribution in [0, 0.1) is 0 Å². The molecule has 45 heavy (non-hydrogen) atoms. The van der Waals surface area contributed by atoms with Gasteiger partial charge in [-0.1, -0.05) is 109 Å². The molecular formula is C42H26N2S. The molecular weight excluding hydrogens is 565 g/mol. The number of thiophene rings is 1. The van der Waals surface area contributed by atoms with Crippen LogP contribution in [0.25, 0.3) is 86.3 Å². The van der Waals surface area contributed by atoms with E-state index >= 15 is 0 Å². The molecule has 0 N–H and O–H groups in total. The van der Waals surface area contributed by atoms with Crippen molar-refractivity contribution in [2.75, 3.05) is 0 Å². The SMILES string of the molecule is c1ccc(-c2ccc(-n3c4ccccc4c4ccc5c6ccccc6n(-c6ccc7sc8ccccc8c7c6)c5c43)cc2)cc1. The molecule has 0 radical (unpaired) electrons. The average Bonchev–Trinajstić information content (AvgIpc) is 3.76. The van der Waals surface area contributed by atoms with Crippen molar-refractivity contribution < 1.29 is 0 Å². The summed E-state index contributed by atoms with van der Waals surface area (Å²) in [6.07, 6.45) is 0. The predicted molar refractivity (Wildman–Crippen MR) is 193 cm³/mol. The van der Waals surface area contributed by atoms with Crippen molar-refractivity contribution in [1.29, 1.82) is 0 Å². The van der Waals surface area contributed by atoms with Crippen LogP contribution >= 0.6 is 11.3 Å². The van der Waals surface area contributed by atoms with Gasteiger partial charge in [0.05, 0.1) is 22.1 Å². The number of aromatic nitrogens is 2. The Hall–Kier alpha value is -5.64. The van der Waals surface area contributed by atoms with Crippen molar-refractivity contribution in [2.45, 2.75) is 0 Å². The monoisotopic (exact) mass is 590 g/mol. The Morgan fingerprint density at radius 2 is 0.844 bits per heavy atom. The van der Waals surface area contributed by atoms with Crippen molar-refractivity contribution in [2.24, 2.45) is 0 Å². The standard InChI is InChI=1S/C42H26N2S/c1-2-10-27(11-3-1)28-18-20-29(21-19-28)43-37-15-7-4-12-31(37)34-23-24-35-32-13-5-8-16-38(32)44(42(35)41(34)43)30-22-25-40-36(26-30)33-14-6-9-17-39(33)45-40/h1-26H. The van der Waals surface area contributed by atoms with Crippen LogP contribution in [0.15, 0.2) is 158 Å². The topological polar surface area (TPSA) is 9.86 Å². The van der Waals surface area contributed by atoms with E-state index in [1.807, 2.05) is 11.3 Å². The number of nitrogens with zero attached hydrogens (tertiary/aromatic N) is 2. The van der Waals surface area contributed by atoms with Gasteiger partial charge in [-0.15, -0.1) is 11.3 Å². The van der Waals surface area contributed by atoms with Gasteiger partial charge in [0.2, 0.25) is 0 Å². The fourth-order valence-corrected chi connectivity index (χ4v) is 8.41. The van der Waals surface area contributed by atoms with E-state index < -0.39 is 0 Å². The Balaban J connectivity index is 1.33. The molecule has 210 valence electrons. The minimum Gasteiger partial charge on any atom is -0.307 e. The molecule has 3 heterocycles. The summed E-state index contributed by atoms with van der Waals surface area (Å²) in [5.74, 6) is 0. The zero-order chi connectivity index (χ0) is 29.5. The van der Waals surface area contributed by atoms with E-state index in [1.54, 1.807) is 0 Å². The van der Waals surface area contributed by atoms with Crippen LogP contribution in [0.3, 0.4) is 0 Å². The number of hydrogen-bond acceptors (Lipinski definition) is 1. The Morgan fingerprint density at radius 3 is 1.53 bits per heavy atom. The highest BCUT2D eigenvalue weighted by molar-refractivity contribution is 7.25. The second-order valence-electron chi connectivity index (χ2n) is 11.8. The number of benzene rings is 7. The first-order chi connectivity index (χ1) is 22.3. The van der Waals surface area contributed by atoms with Gasteiger partial charge in [0, 0.05) is 53.1 Å². The van der Waals surface area contributed by atoms with Crippen LogP contribution in [0.2, 0.25) is 0 Å². The van der Waals surface area contributed by atoms with Crippen LogP contribution in [0.4, 0.5) is 0 Å². The summed E-state index contributed by atoms with van der Waals surface area (Å²) in [4.78, 5) is 0. The van der Waals surface area contributed by atoms with E-state index in [1.165, 1.54) is 80.6 Å². The van der Waals surface area contributed by atoms with Crippen molar-refractivity contribution in [3.63, 3.8) is 0 Å². The van der Waals surface area contributed by atoms with Gasteiger partial charge >= 0.3 is 0 Å². The van der Waals surface area contributed by atoms with E-state index in [0.717, 1.165) is 5.69 Å². The minimum atomic E-state index is 1.16. The lowest BCUT2D eigenvalue weighted by molar-refractivity contribution is 1.15. The third-order valence-electron chi connectivity index (χ3n) is 9.32. The minimum absolute atomic E-state index is 1.16. The van der Waals surface area contributed by atoms with E-state index in [-0.39, 0.29) is 0 Å². The normalized spacial score (nSPS) is 12.0. The van der Waals surface area contributed by atoms with Gasteiger partial charge in [0.25, 0.3) is 0 Å². The van der Waals surface area contributed by atoms with E-state index in [2.05, 4.69) is 167 Å². The van der Waals surface area contributed by atoms with Crippen LogP contribution in [-0.2, 0) is 0 Å². The maximum absolute atomic E-state index is 2.49. The molecule has 10 rings (SSSR count). The summed E-state index contributed by atoms with van der Waals surface area (Å²) in [5.41, 5.74) is 9.67. The molecule has 0 unspecified atom stereocenters. The van der Waals surface area contributed by atoms with Gasteiger partial charge in [-0.3, -0.25) is 0 Å². The van der Waals surface area contributed by atoms with E-state index in [0.29, 0.717) is 0 Å². The predicted octanol–water partition coefficient (Wildman–Crippen LogP) is 11.9. The Kier molecular flexibility index (Phi) is 5.19. The number of rotatable bonds is 3. The third-order valence-corrected chi connectivity index (χ3v) is 10.5.